The highest BCUT2D eigenvalue weighted by molar-refractivity contribution is 5.33. The SMILES string of the molecule is CCCOCCCNCc1cccc(F)c1O. The molecule has 0 aliphatic carbocycles. The fraction of sp³-hybridized carbons (Fsp3) is 0.538. The van der Waals surface area contributed by atoms with Gasteiger partial charge in [0.05, 0.1) is 0 Å². The summed E-state index contributed by atoms with van der Waals surface area (Å²) >= 11 is 0. The zero-order valence-corrected chi connectivity index (χ0v) is 10.2. The summed E-state index contributed by atoms with van der Waals surface area (Å²) in [4.78, 5) is 0. The van der Waals surface area contributed by atoms with Gasteiger partial charge in [-0.25, -0.2) is 4.39 Å². The Morgan fingerprint density at radius 1 is 1.35 bits per heavy atom. The molecule has 4 heteroatoms. The average molecular weight is 241 g/mol. The van der Waals surface area contributed by atoms with Crippen LogP contribution in [0, 0.1) is 5.82 Å². The molecule has 0 aliphatic rings. The largest absolute Gasteiger partial charge is 0.505 e. The molecule has 0 bridgehead atoms. The van der Waals surface area contributed by atoms with E-state index in [1.54, 1.807) is 12.1 Å². The van der Waals surface area contributed by atoms with E-state index in [2.05, 4.69) is 12.2 Å². The molecule has 0 saturated heterocycles. The topological polar surface area (TPSA) is 41.5 Å². The summed E-state index contributed by atoms with van der Waals surface area (Å²) in [6, 6.07) is 4.55. The Kier molecular flexibility index (Phi) is 6.58. The summed E-state index contributed by atoms with van der Waals surface area (Å²) in [6.45, 7) is 4.86. The molecule has 17 heavy (non-hydrogen) atoms. The lowest BCUT2D eigenvalue weighted by atomic mass is 10.2. The number of hydrogen-bond acceptors (Lipinski definition) is 3. The van der Waals surface area contributed by atoms with Gasteiger partial charge >= 0.3 is 0 Å². The van der Waals surface area contributed by atoms with Crippen molar-refractivity contribution in [3.05, 3.63) is 29.6 Å². The number of phenolic OH excluding ortho intramolecular Hbond substituents is 1. The number of rotatable bonds is 8. The van der Waals surface area contributed by atoms with Crippen molar-refractivity contribution in [1.29, 1.82) is 0 Å². The molecule has 96 valence electrons. The molecule has 1 aromatic carbocycles. The van der Waals surface area contributed by atoms with Crippen LogP contribution in [0.1, 0.15) is 25.3 Å². The second kappa shape index (κ2) is 8.03. The molecule has 1 rings (SSSR count). The van der Waals surface area contributed by atoms with E-state index in [0.29, 0.717) is 12.1 Å². The summed E-state index contributed by atoms with van der Waals surface area (Å²) in [5, 5.41) is 12.6. The second-order valence-electron chi connectivity index (χ2n) is 3.89. The minimum atomic E-state index is -0.574. The van der Waals surface area contributed by atoms with Crippen LogP contribution in [0.3, 0.4) is 0 Å². The lowest BCUT2D eigenvalue weighted by Gasteiger charge is -2.07. The molecule has 0 amide bonds. The van der Waals surface area contributed by atoms with Crippen molar-refractivity contribution in [2.75, 3.05) is 19.8 Å². The third kappa shape index (κ3) is 5.15. The number of para-hydroxylation sites is 1. The number of aromatic hydroxyl groups is 1. The molecular weight excluding hydrogens is 221 g/mol. The fourth-order valence-corrected chi connectivity index (χ4v) is 1.47. The first kappa shape index (κ1) is 13.9. The molecule has 0 radical (unpaired) electrons. The van der Waals surface area contributed by atoms with Crippen LogP contribution in [0.15, 0.2) is 18.2 Å². The molecule has 0 unspecified atom stereocenters. The minimum Gasteiger partial charge on any atom is -0.505 e. The van der Waals surface area contributed by atoms with Gasteiger partial charge in [-0.05, 0) is 25.5 Å². The number of hydrogen-bond donors (Lipinski definition) is 2. The van der Waals surface area contributed by atoms with E-state index in [1.165, 1.54) is 6.07 Å². The van der Waals surface area contributed by atoms with E-state index < -0.39 is 5.82 Å². The highest BCUT2D eigenvalue weighted by atomic mass is 19.1. The van der Waals surface area contributed by atoms with Crippen molar-refractivity contribution < 1.29 is 14.2 Å². The van der Waals surface area contributed by atoms with Gasteiger partial charge < -0.3 is 15.2 Å². The summed E-state index contributed by atoms with van der Waals surface area (Å²) in [5.41, 5.74) is 0.583. The first-order valence-electron chi connectivity index (χ1n) is 6.00. The highest BCUT2D eigenvalue weighted by Gasteiger charge is 2.05. The monoisotopic (exact) mass is 241 g/mol. The molecule has 0 spiro atoms. The predicted octanol–water partition coefficient (Wildman–Crippen LogP) is 2.44. The van der Waals surface area contributed by atoms with Crippen LogP contribution in [-0.4, -0.2) is 24.9 Å². The van der Waals surface area contributed by atoms with Crippen molar-refractivity contribution in [3.8, 4) is 5.75 Å². The predicted molar refractivity (Wildman–Crippen MR) is 65.5 cm³/mol. The fourth-order valence-electron chi connectivity index (χ4n) is 1.47. The molecule has 0 aromatic heterocycles. The highest BCUT2D eigenvalue weighted by Crippen LogP contribution is 2.20. The van der Waals surface area contributed by atoms with Gasteiger partial charge in [0.25, 0.3) is 0 Å². The van der Waals surface area contributed by atoms with Gasteiger partial charge in [-0.1, -0.05) is 19.1 Å². The Balaban J connectivity index is 2.16. The van der Waals surface area contributed by atoms with Crippen LogP contribution in [0.2, 0.25) is 0 Å². The van der Waals surface area contributed by atoms with Crippen LogP contribution in [0.4, 0.5) is 4.39 Å². The molecule has 0 atom stereocenters. The van der Waals surface area contributed by atoms with Crippen molar-refractivity contribution in [2.24, 2.45) is 0 Å². The van der Waals surface area contributed by atoms with E-state index in [-0.39, 0.29) is 5.75 Å². The van der Waals surface area contributed by atoms with Crippen LogP contribution >= 0.6 is 0 Å². The van der Waals surface area contributed by atoms with Gasteiger partial charge in [0.15, 0.2) is 11.6 Å². The van der Waals surface area contributed by atoms with Gasteiger partial charge in [-0.15, -0.1) is 0 Å². The standard InChI is InChI=1S/C13H20FNO2/c1-2-8-17-9-4-7-15-10-11-5-3-6-12(14)13(11)16/h3,5-6,15-16H,2,4,7-10H2,1H3. The zero-order chi connectivity index (χ0) is 12.5. The summed E-state index contributed by atoms with van der Waals surface area (Å²) < 4.78 is 18.3. The Morgan fingerprint density at radius 2 is 2.18 bits per heavy atom. The lowest BCUT2D eigenvalue weighted by molar-refractivity contribution is 0.132. The van der Waals surface area contributed by atoms with Crippen LogP contribution in [0.5, 0.6) is 5.75 Å². The van der Waals surface area contributed by atoms with Crippen molar-refractivity contribution in [1.82, 2.24) is 5.32 Å². The van der Waals surface area contributed by atoms with E-state index in [9.17, 15) is 9.50 Å². The third-order valence-electron chi connectivity index (χ3n) is 2.38. The van der Waals surface area contributed by atoms with Gasteiger partial charge in [0, 0.05) is 25.3 Å². The van der Waals surface area contributed by atoms with Gasteiger partial charge in [0.1, 0.15) is 0 Å². The normalized spacial score (nSPS) is 10.7. The first-order valence-corrected chi connectivity index (χ1v) is 6.00. The lowest BCUT2D eigenvalue weighted by Crippen LogP contribution is -2.16. The first-order chi connectivity index (χ1) is 8.25. The number of nitrogens with one attached hydrogen (secondary N) is 1. The van der Waals surface area contributed by atoms with Crippen LogP contribution < -0.4 is 5.32 Å². The minimum absolute atomic E-state index is 0.262. The smallest absolute Gasteiger partial charge is 0.165 e. The maximum absolute atomic E-state index is 13.0. The van der Waals surface area contributed by atoms with Crippen molar-refractivity contribution >= 4 is 0 Å². The number of halogens is 1. The Morgan fingerprint density at radius 3 is 2.94 bits per heavy atom. The maximum atomic E-state index is 13.0. The van der Waals surface area contributed by atoms with Crippen molar-refractivity contribution in [3.63, 3.8) is 0 Å². The molecule has 0 saturated carbocycles. The molecule has 0 heterocycles. The summed E-state index contributed by atoms with van der Waals surface area (Å²) in [5.74, 6) is -0.835. The van der Waals surface area contributed by atoms with Crippen molar-refractivity contribution in [2.45, 2.75) is 26.3 Å². The quantitative estimate of drug-likeness (QED) is 0.687. The van der Waals surface area contributed by atoms with Gasteiger partial charge in [0.2, 0.25) is 0 Å². The molecule has 3 nitrogen and oxygen atoms in total. The molecular formula is C13H20FNO2. The van der Waals surface area contributed by atoms with E-state index in [0.717, 1.165) is 32.6 Å². The second-order valence-corrected chi connectivity index (χ2v) is 3.89. The molecule has 2 N–H and O–H groups in total. The summed E-state index contributed by atoms with van der Waals surface area (Å²) in [6.07, 6.45) is 1.95. The van der Waals surface area contributed by atoms with E-state index >= 15 is 0 Å². The van der Waals surface area contributed by atoms with Crippen LogP contribution in [-0.2, 0) is 11.3 Å². The third-order valence-corrected chi connectivity index (χ3v) is 2.38. The van der Waals surface area contributed by atoms with Gasteiger partial charge in [-0.2, -0.15) is 0 Å². The molecule has 1 aromatic rings. The van der Waals surface area contributed by atoms with E-state index in [1.807, 2.05) is 0 Å². The average Bonchev–Trinajstić information content (AvgIpc) is 2.33. The Labute approximate surface area is 102 Å². The Bertz CT molecular complexity index is 331. The molecule has 0 aliphatic heterocycles. The number of ether oxygens (including phenoxy) is 1. The van der Waals surface area contributed by atoms with E-state index in [4.69, 9.17) is 4.74 Å². The zero-order valence-electron chi connectivity index (χ0n) is 10.2. The number of benzene rings is 1. The Hall–Kier alpha value is -1.13. The molecule has 0 fully saturated rings. The number of phenols is 1. The van der Waals surface area contributed by atoms with Crippen LogP contribution in [0.25, 0.3) is 0 Å². The summed E-state index contributed by atoms with van der Waals surface area (Å²) in [7, 11) is 0. The van der Waals surface area contributed by atoms with Gasteiger partial charge in [-0.3, -0.25) is 0 Å². The maximum Gasteiger partial charge on any atom is 0.165 e.